The topological polar surface area (TPSA) is 73.3 Å². The van der Waals surface area contributed by atoms with Crippen LogP contribution in [-0.2, 0) is 22.3 Å². The molecule has 0 radical (unpaired) electrons. The van der Waals surface area contributed by atoms with Crippen molar-refractivity contribution in [2.75, 3.05) is 44.2 Å². The highest BCUT2D eigenvalue weighted by atomic mass is 19.4. The van der Waals surface area contributed by atoms with Gasteiger partial charge in [0.25, 0.3) is 6.10 Å². The van der Waals surface area contributed by atoms with Crippen LogP contribution in [0.5, 0.6) is 0 Å². The summed E-state index contributed by atoms with van der Waals surface area (Å²) in [5.41, 5.74) is -0.594. The van der Waals surface area contributed by atoms with Crippen LogP contribution in [0.15, 0.2) is 18.2 Å². The molecule has 16 heteroatoms. The van der Waals surface area contributed by atoms with Crippen LogP contribution in [0.2, 0.25) is 0 Å². The number of amides is 1. The predicted octanol–water partition coefficient (Wildman–Crippen LogP) is 5.53. The minimum Gasteiger partial charge on any atom is -0.481 e. The van der Waals surface area contributed by atoms with E-state index in [1.165, 1.54) is 0 Å². The summed E-state index contributed by atoms with van der Waals surface area (Å²) in [6.45, 7) is 1.25. The zero-order valence-electron chi connectivity index (χ0n) is 21.6. The highest BCUT2D eigenvalue weighted by Gasteiger charge is 2.60. The Balaban J connectivity index is 1.36. The van der Waals surface area contributed by atoms with Gasteiger partial charge in [0.05, 0.1) is 11.5 Å². The fraction of sp³-hybridized carbons (Fsp3) is 0.680. The monoisotopic (exact) mass is 605 g/mol. The van der Waals surface area contributed by atoms with Crippen molar-refractivity contribution in [3.05, 3.63) is 29.3 Å². The maximum atomic E-state index is 13.7. The number of hydrogen-bond acceptors (Lipinski definition) is 5. The number of likely N-dealkylation sites (tertiary alicyclic amines) is 2. The van der Waals surface area contributed by atoms with Gasteiger partial charge >= 0.3 is 30.6 Å². The molecule has 3 saturated heterocycles. The first-order chi connectivity index (χ1) is 18.9. The predicted molar refractivity (Wildman–Crippen MR) is 125 cm³/mol. The number of anilines is 1. The number of hydrogen-bond donors (Lipinski definition) is 1. The lowest BCUT2D eigenvalue weighted by Gasteiger charge is -2.54. The van der Waals surface area contributed by atoms with Crippen molar-refractivity contribution in [3.63, 3.8) is 0 Å². The minimum absolute atomic E-state index is 0.0918. The van der Waals surface area contributed by atoms with Gasteiger partial charge in [-0.2, -0.15) is 39.5 Å². The Morgan fingerprint density at radius 1 is 0.951 bits per heavy atom. The Labute approximate surface area is 228 Å². The van der Waals surface area contributed by atoms with Crippen molar-refractivity contribution >= 4 is 17.7 Å². The molecule has 1 aromatic rings. The van der Waals surface area contributed by atoms with E-state index >= 15 is 0 Å². The summed E-state index contributed by atoms with van der Waals surface area (Å²) in [4.78, 5) is 27.7. The van der Waals surface area contributed by atoms with Crippen LogP contribution < -0.4 is 4.90 Å². The van der Waals surface area contributed by atoms with Crippen LogP contribution >= 0.6 is 0 Å². The van der Waals surface area contributed by atoms with Gasteiger partial charge in [-0.25, -0.2) is 4.79 Å². The van der Waals surface area contributed by atoms with Gasteiger partial charge < -0.3 is 19.6 Å². The molecule has 1 amide bonds. The molecular weight excluding hydrogens is 577 g/mol. The van der Waals surface area contributed by atoms with Gasteiger partial charge in [-0.15, -0.1) is 0 Å². The van der Waals surface area contributed by atoms with E-state index in [9.17, 15) is 54.2 Å². The Kier molecular flexibility index (Phi) is 8.37. The standard InChI is InChI=1S/C25H28F9N3O4/c26-23(27,28)17-8-15(9-18(10-17)37-5-1-2-16(12-37)19(38)39)11-35-13-22(14-35)3-6-36(7-4-22)21(40)41-20(24(29,30)31)25(32,33)34/h8-10,16,20H,1-7,11-14H2,(H,38,39). The SMILES string of the molecule is O=C(O)C1CCCN(c2cc(CN3CC4(CCN(C(=O)OC(C(F)(F)F)C(F)(F)F)CC4)C3)cc(C(F)(F)F)c2)C1. The maximum absolute atomic E-state index is 13.7. The number of ether oxygens (including phenoxy) is 1. The number of rotatable bonds is 5. The highest BCUT2D eigenvalue weighted by Crippen LogP contribution is 2.43. The zero-order valence-corrected chi connectivity index (χ0v) is 21.6. The largest absolute Gasteiger partial charge is 0.481 e. The summed E-state index contributed by atoms with van der Waals surface area (Å²) < 4.78 is 121. The molecule has 230 valence electrons. The van der Waals surface area contributed by atoms with E-state index in [0.29, 0.717) is 38.0 Å². The lowest BCUT2D eigenvalue weighted by atomic mass is 9.72. The molecule has 3 heterocycles. The zero-order chi connectivity index (χ0) is 30.4. The second-order valence-corrected chi connectivity index (χ2v) is 11.0. The normalized spacial score (nSPS) is 22.1. The van der Waals surface area contributed by atoms with Gasteiger partial charge in [-0.3, -0.25) is 9.69 Å². The third kappa shape index (κ3) is 7.30. The number of carbonyl (C=O) groups is 2. The van der Waals surface area contributed by atoms with Gasteiger partial charge in [-0.1, -0.05) is 0 Å². The second kappa shape index (κ2) is 11.1. The minimum atomic E-state index is -5.81. The van der Waals surface area contributed by atoms with Crippen molar-refractivity contribution in [3.8, 4) is 0 Å². The van der Waals surface area contributed by atoms with E-state index in [4.69, 9.17) is 0 Å². The van der Waals surface area contributed by atoms with E-state index in [0.717, 1.165) is 17.0 Å². The molecule has 3 fully saturated rings. The molecule has 1 aromatic carbocycles. The first kappa shape index (κ1) is 31.0. The lowest BCUT2D eigenvalue weighted by Crippen LogP contribution is -2.60. The number of carbonyl (C=O) groups excluding carboxylic acids is 1. The third-order valence-electron chi connectivity index (χ3n) is 7.86. The van der Waals surface area contributed by atoms with Gasteiger partial charge in [0, 0.05) is 51.5 Å². The molecule has 4 rings (SSSR count). The summed E-state index contributed by atoms with van der Waals surface area (Å²) in [6.07, 6.45) is -20.7. The first-order valence-corrected chi connectivity index (χ1v) is 12.9. The molecule has 0 aliphatic carbocycles. The molecule has 1 N–H and O–H groups in total. The molecular formula is C25H28F9N3O4. The van der Waals surface area contributed by atoms with Crippen molar-refractivity contribution in [1.82, 2.24) is 9.80 Å². The number of piperidine rings is 2. The van der Waals surface area contributed by atoms with Crippen LogP contribution in [0.1, 0.15) is 36.8 Å². The van der Waals surface area contributed by atoms with E-state index in [2.05, 4.69) is 4.74 Å². The summed E-state index contributed by atoms with van der Waals surface area (Å²) in [6, 6.07) is 3.63. The molecule has 3 aliphatic rings. The summed E-state index contributed by atoms with van der Waals surface area (Å²) in [7, 11) is 0. The number of aliphatic carboxylic acids is 1. The first-order valence-electron chi connectivity index (χ1n) is 12.9. The molecule has 3 aliphatic heterocycles. The van der Waals surface area contributed by atoms with Crippen molar-refractivity contribution < 1.29 is 58.9 Å². The molecule has 7 nitrogen and oxygen atoms in total. The number of benzene rings is 1. The van der Waals surface area contributed by atoms with Crippen molar-refractivity contribution in [2.24, 2.45) is 11.3 Å². The van der Waals surface area contributed by atoms with Gasteiger partial charge in [0.2, 0.25) is 0 Å². The van der Waals surface area contributed by atoms with Gasteiger partial charge in [0.1, 0.15) is 0 Å². The summed E-state index contributed by atoms with van der Waals surface area (Å²) in [5, 5.41) is 9.34. The number of alkyl halides is 9. The van der Waals surface area contributed by atoms with Crippen LogP contribution in [0.25, 0.3) is 0 Å². The van der Waals surface area contributed by atoms with E-state index in [-0.39, 0.29) is 50.1 Å². The van der Waals surface area contributed by atoms with Crippen LogP contribution in [0.4, 0.5) is 50.0 Å². The average molecular weight is 605 g/mol. The van der Waals surface area contributed by atoms with Crippen molar-refractivity contribution in [1.29, 1.82) is 0 Å². The second-order valence-electron chi connectivity index (χ2n) is 11.0. The quantitative estimate of drug-likeness (QED) is 0.445. The molecule has 1 spiro atoms. The van der Waals surface area contributed by atoms with Gasteiger partial charge in [0.15, 0.2) is 0 Å². The number of carboxylic acid groups (broad SMARTS) is 1. The van der Waals surface area contributed by atoms with Crippen LogP contribution in [-0.4, -0.2) is 84.7 Å². The van der Waals surface area contributed by atoms with E-state index in [1.807, 2.05) is 4.90 Å². The molecule has 41 heavy (non-hydrogen) atoms. The smallest absolute Gasteiger partial charge is 0.434 e. The molecule has 0 aromatic heterocycles. The van der Waals surface area contributed by atoms with Gasteiger partial charge in [-0.05, 0) is 54.9 Å². The number of nitrogens with zero attached hydrogens (tertiary/aromatic N) is 3. The van der Waals surface area contributed by atoms with Crippen LogP contribution in [0.3, 0.4) is 0 Å². The van der Waals surface area contributed by atoms with Crippen LogP contribution in [0, 0.1) is 11.3 Å². The fourth-order valence-corrected chi connectivity index (χ4v) is 5.77. The lowest BCUT2D eigenvalue weighted by molar-refractivity contribution is -0.308. The maximum Gasteiger partial charge on any atom is 0.434 e. The molecule has 0 saturated carbocycles. The summed E-state index contributed by atoms with van der Waals surface area (Å²) >= 11 is 0. The number of halogens is 9. The van der Waals surface area contributed by atoms with E-state index in [1.54, 1.807) is 11.0 Å². The average Bonchev–Trinajstić information content (AvgIpc) is 2.84. The summed E-state index contributed by atoms with van der Waals surface area (Å²) in [5.74, 6) is -1.69. The molecule has 1 unspecified atom stereocenters. The Morgan fingerprint density at radius 3 is 2.10 bits per heavy atom. The third-order valence-corrected chi connectivity index (χ3v) is 7.86. The Morgan fingerprint density at radius 2 is 1.56 bits per heavy atom. The molecule has 0 bridgehead atoms. The fourth-order valence-electron chi connectivity index (χ4n) is 5.77. The molecule has 1 atom stereocenters. The van der Waals surface area contributed by atoms with Crippen molar-refractivity contribution in [2.45, 2.75) is 56.9 Å². The Hall–Kier alpha value is -2.91. The van der Waals surface area contributed by atoms with E-state index < -0.39 is 48.2 Å². The number of carboxylic acids is 1. The highest BCUT2D eigenvalue weighted by molar-refractivity contribution is 5.71. The Bertz CT molecular complexity index is 1110.